The lowest BCUT2D eigenvalue weighted by Crippen LogP contribution is -2.36. The predicted octanol–water partition coefficient (Wildman–Crippen LogP) is 1.08. The van der Waals surface area contributed by atoms with E-state index in [0.29, 0.717) is 30.2 Å². The van der Waals surface area contributed by atoms with E-state index in [1.54, 1.807) is 31.4 Å². The summed E-state index contributed by atoms with van der Waals surface area (Å²) < 4.78 is 38.5. The summed E-state index contributed by atoms with van der Waals surface area (Å²) in [5.41, 5.74) is 0.699. The Morgan fingerprint density at radius 2 is 2.09 bits per heavy atom. The van der Waals surface area contributed by atoms with Crippen LogP contribution in [0.4, 0.5) is 0 Å². The molecule has 0 atom stereocenters. The molecule has 0 spiro atoms. The van der Waals surface area contributed by atoms with E-state index in [9.17, 15) is 8.42 Å². The molecule has 0 bridgehead atoms. The average Bonchev–Trinajstić information content (AvgIpc) is 3.00. The number of nitrogens with zero attached hydrogens (tertiary/aromatic N) is 2. The fourth-order valence-corrected chi connectivity index (χ4v) is 2.53. The van der Waals surface area contributed by atoms with Crippen LogP contribution in [0.3, 0.4) is 0 Å². The van der Waals surface area contributed by atoms with Gasteiger partial charge in [-0.3, -0.25) is 0 Å². The first-order chi connectivity index (χ1) is 10.5. The standard InChI is InChI=1S/C13H18N4O4S/c1-3-7-14-22(18,19)15-9-12-16-17-13(21-12)10-5-4-6-11(8-10)20-2/h4-6,8,14-15H,3,7,9H2,1-2H3. The molecule has 0 amide bonds. The Hall–Kier alpha value is -1.97. The fourth-order valence-electron chi connectivity index (χ4n) is 1.64. The summed E-state index contributed by atoms with van der Waals surface area (Å²) in [5, 5.41) is 7.72. The summed E-state index contributed by atoms with van der Waals surface area (Å²) in [6, 6.07) is 7.15. The lowest BCUT2D eigenvalue weighted by molar-refractivity contribution is 0.414. The first-order valence-electron chi connectivity index (χ1n) is 6.75. The van der Waals surface area contributed by atoms with Crippen LogP contribution in [-0.2, 0) is 16.8 Å². The van der Waals surface area contributed by atoms with Crippen molar-refractivity contribution in [3.05, 3.63) is 30.2 Å². The molecule has 0 aliphatic heterocycles. The van der Waals surface area contributed by atoms with Gasteiger partial charge in [-0.05, 0) is 24.6 Å². The highest BCUT2D eigenvalue weighted by atomic mass is 32.2. The monoisotopic (exact) mass is 326 g/mol. The second-order valence-electron chi connectivity index (χ2n) is 4.45. The summed E-state index contributed by atoms with van der Waals surface area (Å²) >= 11 is 0. The molecular weight excluding hydrogens is 308 g/mol. The molecule has 0 unspecified atom stereocenters. The summed E-state index contributed by atoms with van der Waals surface area (Å²) in [5.74, 6) is 1.15. The Morgan fingerprint density at radius 1 is 1.27 bits per heavy atom. The number of rotatable bonds is 8. The molecule has 0 saturated heterocycles. The normalized spacial score (nSPS) is 11.5. The van der Waals surface area contributed by atoms with Gasteiger partial charge in [0.05, 0.1) is 13.7 Å². The summed E-state index contributed by atoms with van der Waals surface area (Å²) in [7, 11) is -1.99. The van der Waals surface area contributed by atoms with Crippen molar-refractivity contribution >= 4 is 10.2 Å². The first-order valence-corrected chi connectivity index (χ1v) is 8.23. The average molecular weight is 326 g/mol. The van der Waals surface area contributed by atoms with Crippen molar-refractivity contribution in [2.75, 3.05) is 13.7 Å². The van der Waals surface area contributed by atoms with Crippen LogP contribution in [0.25, 0.3) is 11.5 Å². The van der Waals surface area contributed by atoms with Gasteiger partial charge in [0.2, 0.25) is 11.8 Å². The third-order valence-electron chi connectivity index (χ3n) is 2.74. The Morgan fingerprint density at radius 3 is 2.82 bits per heavy atom. The highest BCUT2D eigenvalue weighted by molar-refractivity contribution is 7.87. The maximum absolute atomic E-state index is 11.6. The van der Waals surface area contributed by atoms with Crippen LogP contribution >= 0.6 is 0 Å². The number of benzene rings is 1. The second kappa shape index (κ2) is 7.34. The van der Waals surface area contributed by atoms with E-state index in [0.717, 1.165) is 0 Å². The van der Waals surface area contributed by atoms with E-state index in [1.807, 2.05) is 6.92 Å². The second-order valence-corrected chi connectivity index (χ2v) is 6.04. The molecule has 2 aromatic rings. The first kappa shape index (κ1) is 16.4. The Kier molecular flexibility index (Phi) is 5.47. The van der Waals surface area contributed by atoms with Gasteiger partial charge in [-0.25, -0.2) is 4.72 Å². The number of nitrogens with one attached hydrogen (secondary N) is 2. The van der Waals surface area contributed by atoms with Crippen molar-refractivity contribution in [1.82, 2.24) is 19.6 Å². The van der Waals surface area contributed by atoms with Crippen LogP contribution in [0.1, 0.15) is 19.2 Å². The molecule has 1 heterocycles. The third kappa shape index (κ3) is 4.52. The molecule has 9 heteroatoms. The van der Waals surface area contributed by atoms with Crippen molar-refractivity contribution in [2.45, 2.75) is 19.9 Å². The Balaban J connectivity index is 2.02. The van der Waals surface area contributed by atoms with E-state index < -0.39 is 10.2 Å². The van der Waals surface area contributed by atoms with Gasteiger partial charge in [0.1, 0.15) is 5.75 Å². The summed E-state index contributed by atoms with van der Waals surface area (Å²) in [4.78, 5) is 0. The highest BCUT2D eigenvalue weighted by Crippen LogP contribution is 2.22. The van der Waals surface area contributed by atoms with Crippen molar-refractivity contribution in [3.8, 4) is 17.2 Å². The minimum absolute atomic E-state index is 0.0734. The van der Waals surface area contributed by atoms with Gasteiger partial charge < -0.3 is 9.15 Å². The molecule has 2 N–H and O–H groups in total. The number of hydrogen-bond donors (Lipinski definition) is 2. The maximum Gasteiger partial charge on any atom is 0.277 e. The zero-order chi connectivity index (χ0) is 16.0. The number of aromatic nitrogens is 2. The van der Waals surface area contributed by atoms with E-state index >= 15 is 0 Å². The zero-order valence-corrected chi connectivity index (χ0v) is 13.2. The van der Waals surface area contributed by atoms with Gasteiger partial charge in [-0.1, -0.05) is 13.0 Å². The fraction of sp³-hybridized carbons (Fsp3) is 0.385. The van der Waals surface area contributed by atoms with E-state index in [-0.39, 0.29) is 12.4 Å². The molecule has 120 valence electrons. The number of methoxy groups -OCH3 is 1. The van der Waals surface area contributed by atoms with Gasteiger partial charge >= 0.3 is 0 Å². The minimum Gasteiger partial charge on any atom is -0.497 e. The van der Waals surface area contributed by atoms with Crippen LogP contribution in [0.5, 0.6) is 5.75 Å². The van der Waals surface area contributed by atoms with Gasteiger partial charge in [0, 0.05) is 12.1 Å². The quantitative estimate of drug-likeness (QED) is 0.752. The topological polar surface area (TPSA) is 106 Å². The van der Waals surface area contributed by atoms with Crippen molar-refractivity contribution in [3.63, 3.8) is 0 Å². The van der Waals surface area contributed by atoms with Crippen LogP contribution in [0.15, 0.2) is 28.7 Å². The van der Waals surface area contributed by atoms with E-state index in [2.05, 4.69) is 19.6 Å². The predicted molar refractivity (Wildman–Crippen MR) is 80.3 cm³/mol. The lowest BCUT2D eigenvalue weighted by atomic mass is 10.2. The number of hydrogen-bond acceptors (Lipinski definition) is 6. The summed E-state index contributed by atoms with van der Waals surface area (Å²) in [6.45, 7) is 2.17. The minimum atomic E-state index is -3.56. The summed E-state index contributed by atoms with van der Waals surface area (Å²) in [6.07, 6.45) is 0.710. The third-order valence-corrected chi connectivity index (χ3v) is 3.85. The lowest BCUT2D eigenvalue weighted by Gasteiger charge is -2.04. The largest absolute Gasteiger partial charge is 0.497 e. The maximum atomic E-state index is 11.6. The molecule has 0 saturated carbocycles. The molecule has 1 aromatic carbocycles. The van der Waals surface area contributed by atoms with Crippen LogP contribution in [-0.4, -0.2) is 32.3 Å². The van der Waals surface area contributed by atoms with Crippen LogP contribution in [0.2, 0.25) is 0 Å². The molecule has 0 aliphatic carbocycles. The zero-order valence-electron chi connectivity index (χ0n) is 12.4. The Labute approximate surface area is 129 Å². The van der Waals surface area contributed by atoms with Gasteiger partial charge in [-0.2, -0.15) is 13.1 Å². The molecule has 1 aromatic heterocycles. The molecule has 8 nitrogen and oxygen atoms in total. The Bertz CT molecular complexity index is 714. The van der Waals surface area contributed by atoms with Gasteiger partial charge in [-0.15, -0.1) is 10.2 Å². The highest BCUT2D eigenvalue weighted by Gasteiger charge is 2.13. The molecule has 0 fully saturated rings. The molecule has 2 rings (SSSR count). The van der Waals surface area contributed by atoms with E-state index in [1.165, 1.54) is 0 Å². The van der Waals surface area contributed by atoms with Gasteiger partial charge in [0.15, 0.2) is 0 Å². The smallest absolute Gasteiger partial charge is 0.277 e. The SMILES string of the molecule is CCCNS(=O)(=O)NCc1nnc(-c2cccc(OC)c2)o1. The van der Waals surface area contributed by atoms with Crippen molar-refractivity contribution < 1.29 is 17.6 Å². The van der Waals surface area contributed by atoms with E-state index in [4.69, 9.17) is 9.15 Å². The molecule has 0 radical (unpaired) electrons. The molecular formula is C13H18N4O4S. The van der Waals surface area contributed by atoms with Crippen molar-refractivity contribution in [2.24, 2.45) is 0 Å². The number of ether oxygens (including phenoxy) is 1. The van der Waals surface area contributed by atoms with Crippen molar-refractivity contribution in [1.29, 1.82) is 0 Å². The van der Waals surface area contributed by atoms with Gasteiger partial charge in [0.25, 0.3) is 10.2 Å². The van der Waals surface area contributed by atoms with Crippen LogP contribution < -0.4 is 14.2 Å². The molecule has 0 aliphatic rings. The van der Waals surface area contributed by atoms with Crippen LogP contribution in [0, 0.1) is 0 Å². The molecule has 22 heavy (non-hydrogen) atoms.